The van der Waals surface area contributed by atoms with Crippen molar-refractivity contribution >= 4 is 33.9 Å². The van der Waals surface area contributed by atoms with E-state index in [4.69, 9.17) is 16.2 Å². The average molecular weight is 312 g/mol. The van der Waals surface area contributed by atoms with Gasteiger partial charge in [-0.05, 0) is 32.9 Å². The minimum atomic E-state index is -0.638. The highest BCUT2D eigenvalue weighted by Gasteiger charge is 2.27. The standard InChI is InChI=1S/C13H20N4O3S/c1-2-20-13(19)8-9(14)10(11(15)18)21-12(8)17-7-3-5-16-6-4-7/h7,16-17H,2-6,14H2,1H3,(H2,15,18). The first-order valence-corrected chi connectivity index (χ1v) is 7.72. The van der Waals surface area contributed by atoms with Gasteiger partial charge in [-0.25, -0.2) is 4.79 Å². The van der Waals surface area contributed by atoms with Crippen LogP contribution in [-0.2, 0) is 4.74 Å². The summed E-state index contributed by atoms with van der Waals surface area (Å²) in [6, 6.07) is 0.234. The molecular weight excluding hydrogens is 292 g/mol. The molecule has 6 N–H and O–H groups in total. The molecule has 1 saturated heterocycles. The van der Waals surface area contributed by atoms with Crippen molar-refractivity contribution in [3.63, 3.8) is 0 Å². The molecule has 0 aromatic carbocycles. The normalized spacial score (nSPS) is 15.7. The van der Waals surface area contributed by atoms with Gasteiger partial charge >= 0.3 is 5.97 Å². The zero-order chi connectivity index (χ0) is 15.4. The van der Waals surface area contributed by atoms with Crippen LogP contribution >= 0.6 is 11.3 Å². The van der Waals surface area contributed by atoms with Gasteiger partial charge in [0.1, 0.15) is 15.4 Å². The Kier molecular flexibility index (Phi) is 5.03. The van der Waals surface area contributed by atoms with Gasteiger partial charge in [-0.3, -0.25) is 4.79 Å². The molecule has 0 saturated carbocycles. The molecule has 21 heavy (non-hydrogen) atoms. The molecular formula is C13H20N4O3S. The summed E-state index contributed by atoms with van der Waals surface area (Å²) in [7, 11) is 0. The fraction of sp³-hybridized carbons (Fsp3) is 0.538. The van der Waals surface area contributed by atoms with E-state index in [0.29, 0.717) is 5.00 Å². The van der Waals surface area contributed by atoms with Crippen molar-refractivity contribution in [3.05, 3.63) is 10.4 Å². The first-order chi connectivity index (χ1) is 10.0. The van der Waals surface area contributed by atoms with Gasteiger partial charge in [0.15, 0.2) is 0 Å². The number of nitrogen functional groups attached to an aromatic ring is 1. The van der Waals surface area contributed by atoms with Crippen LogP contribution in [0.1, 0.15) is 39.8 Å². The van der Waals surface area contributed by atoms with Crippen LogP contribution in [0.5, 0.6) is 0 Å². The van der Waals surface area contributed by atoms with Crippen LogP contribution in [-0.4, -0.2) is 37.6 Å². The highest BCUT2D eigenvalue weighted by molar-refractivity contribution is 7.19. The first-order valence-electron chi connectivity index (χ1n) is 6.91. The van der Waals surface area contributed by atoms with E-state index in [0.717, 1.165) is 37.3 Å². The predicted octanol–water partition coefficient (Wildman–Crippen LogP) is 0.770. The molecule has 2 rings (SSSR count). The van der Waals surface area contributed by atoms with E-state index in [1.807, 2.05) is 0 Å². The molecule has 1 aliphatic rings. The number of carbonyl (C=O) groups is 2. The Balaban J connectivity index is 2.30. The molecule has 1 amide bonds. The third-order valence-corrected chi connectivity index (χ3v) is 4.47. The summed E-state index contributed by atoms with van der Waals surface area (Å²) in [5, 5.41) is 7.12. The number of piperidine rings is 1. The van der Waals surface area contributed by atoms with Crippen LogP contribution in [0.4, 0.5) is 10.7 Å². The second kappa shape index (κ2) is 6.77. The molecule has 0 radical (unpaired) electrons. The van der Waals surface area contributed by atoms with Gasteiger partial charge in [0.05, 0.1) is 12.3 Å². The summed E-state index contributed by atoms with van der Waals surface area (Å²) in [6.07, 6.45) is 1.87. The minimum absolute atomic E-state index is 0.0994. The maximum absolute atomic E-state index is 12.1. The lowest BCUT2D eigenvalue weighted by Crippen LogP contribution is -2.35. The van der Waals surface area contributed by atoms with E-state index in [-0.39, 0.29) is 28.8 Å². The van der Waals surface area contributed by atoms with Crippen LogP contribution in [0, 0.1) is 0 Å². The molecule has 1 aliphatic heterocycles. The highest BCUT2D eigenvalue weighted by atomic mass is 32.1. The van der Waals surface area contributed by atoms with E-state index in [2.05, 4.69) is 10.6 Å². The van der Waals surface area contributed by atoms with Crippen LogP contribution in [0.2, 0.25) is 0 Å². The lowest BCUT2D eigenvalue weighted by atomic mass is 10.1. The maximum atomic E-state index is 12.1. The molecule has 0 spiro atoms. The van der Waals surface area contributed by atoms with Crippen molar-refractivity contribution in [2.24, 2.45) is 5.73 Å². The molecule has 2 heterocycles. The van der Waals surface area contributed by atoms with Crippen molar-refractivity contribution in [1.29, 1.82) is 0 Å². The van der Waals surface area contributed by atoms with E-state index < -0.39 is 11.9 Å². The smallest absolute Gasteiger partial charge is 0.343 e. The number of primary amides is 1. The fourth-order valence-corrected chi connectivity index (χ4v) is 3.32. The van der Waals surface area contributed by atoms with Gasteiger partial charge in [0, 0.05) is 6.04 Å². The number of nitrogens with two attached hydrogens (primary N) is 2. The van der Waals surface area contributed by atoms with Crippen molar-refractivity contribution in [2.75, 3.05) is 30.7 Å². The quantitative estimate of drug-likeness (QED) is 0.596. The first kappa shape index (κ1) is 15.6. The Labute approximate surface area is 127 Å². The van der Waals surface area contributed by atoms with Gasteiger partial charge in [-0.15, -0.1) is 11.3 Å². The summed E-state index contributed by atoms with van der Waals surface area (Å²) in [5.74, 6) is -1.17. The molecule has 0 aliphatic carbocycles. The summed E-state index contributed by atoms with van der Waals surface area (Å²) in [5.41, 5.74) is 11.5. The Bertz CT molecular complexity index is 538. The second-order valence-corrected chi connectivity index (χ2v) is 5.82. The molecule has 0 unspecified atom stereocenters. The Morgan fingerprint density at radius 3 is 2.67 bits per heavy atom. The minimum Gasteiger partial charge on any atom is -0.462 e. The van der Waals surface area contributed by atoms with Gasteiger partial charge in [0.25, 0.3) is 5.91 Å². The summed E-state index contributed by atoms with van der Waals surface area (Å²) in [6.45, 7) is 3.79. The third-order valence-electron chi connectivity index (χ3n) is 3.32. The van der Waals surface area contributed by atoms with Crippen LogP contribution in [0.3, 0.4) is 0 Å². The number of ether oxygens (including phenoxy) is 1. The highest BCUT2D eigenvalue weighted by Crippen LogP contribution is 2.37. The number of hydrogen-bond acceptors (Lipinski definition) is 7. The van der Waals surface area contributed by atoms with E-state index >= 15 is 0 Å². The lowest BCUT2D eigenvalue weighted by molar-refractivity contribution is 0.0529. The second-order valence-electron chi connectivity index (χ2n) is 4.80. The zero-order valence-corrected chi connectivity index (χ0v) is 12.7. The number of anilines is 2. The van der Waals surface area contributed by atoms with Crippen LogP contribution < -0.4 is 22.1 Å². The van der Waals surface area contributed by atoms with Gasteiger partial charge in [0.2, 0.25) is 0 Å². The molecule has 1 fully saturated rings. The largest absolute Gasteiger partial charge is 0.462 e. The molecule has 7 nitrogen and oxygen atoms in total. The Morgan fingerprint density at radius 1 is 1.43 bits per heavy atom. The van der Waals surface area contributed by atoms with Crippen molar-refractivity contribution in [2.45, 2.75) is 25.8 Å². The summed E-state index contributed by atoms with van der Waals surface area (Å²) in [4.78, 5) is 23.7. The molecule has 0 atom stereocenters. The number of carbonyl (C=O) groups excluding carboxylic acids is 2. The SMILES string of the molecule is CCOC(=O)c1c(NC2CCNCC2)sc(C(N)=O)c1N. The van der Waals surface area contributed by atoms with E-state index in [1.54, 1.807) is 6.92 Å². The summed E-state index contributed by atoms with van der Waals surface area (Å²) >= 11 is 1.11. The number of esters is 1. The molecule has 116 valence electrons. The van der Waals surface area contributed by atoms with Crippen LogP contribution in [0.15, 0.2) is 0 Å². The predicted molar refractivity (Wildman–Crippen MR) is 82.7 cm³/mol. The van der Waals surface area contributed by atoms with Crippen molar-refractivity contribution in [3.8, 4) is 0 Å². The topological polar surface area (TPSA) is 119 Å². The Hall–Kier alpha value is -1.80. The number of thiophene rings is 1. The fourth-order valence-electron chi connectivity index (χ4n) is 2.29. The van der Waals surface area contributed by atoms with Crippen molar-refractivity contribution in [1.82, 2.24) is 5.32 Å². The number of amides is 1. The average Bonchev–Trinajstić information content (AvgIpc) is 2.77. The molecule has 8 heteroatoms. The Morgan fingerprint density at radius 2 is 2.10 bits per heavy atom. The third kappa shape index (κ3) is 3.45. The van der Waals surface area contributed by atoms with E-state index in [9.17, 15) is 9.59 Å². The zero-order valence-electron chi connectivity index (χ0n) is 11.9. The maximum Gasteiger partial charge on any atom is 0.343 e. The van der Waals surface area contributed by atoms with Gasteiger partial charge in [-0.1, -0.05) is 0 Å². The van der Waals surface area contributed by atoms with Gasteiger partial charge in [-0.2, -0.15) is 0 Å². The lowest BCUT2D eigenvalue weighted by Gasteiger charge is -2.24. The molecule has 1 aromatic heterocycles. The van der Waals surface area contributed by atoms with E-state index in [1.165, 1.54) is 0 Å². The molecule has 1 aromatic rings. The number of nitrogens with one attached hydrogen (secondary N) is 2. The van der Waals surface area contributed by atoms with Crippen molar-refractivity contribution < 1.29 is 14.3 Å². The van der Waals surface area contributed by atoms with Gasteiger partial charge < -0.3 is 26.8 Å². The van der Waals surface area contributed by atoms with Crippen LogP contribution in [0.25, 0.3) is 0 Å². The summed E-state index contributed by atoms with van der Waals surface area (Å²) < 4.78 is 5.01. The monoisotopic (exact) mass is 312 g/mol. The molecule has 0 bridgehead atoms. The number of hydrogen-bond donors (Lipinski definition) is 4. The number of rotatable bonds is 5.